The fraction of sp³-hybridized carbons (Fsp3) is 0.154. The minimum atomic E-state index is -0.125. The fourth-order valence-electron chi connectivity index (χ4n) is 4.46. The van der Waals surface area contributed by atoms with Gasteiger partial charge < -0.3 is 10.3 Å². The highest BCUT2D eigenvalue weighted by Crippen LogP contribution is 2.35. The van der Waals surface area contributed by atoms with E-state index in [-0.39, 0.29) is 11.3 Å². The number of hydrogen-bond donors (Lipinski definition) is 2. The summed E-state index contributed by atoms with van der Waals surface area (Å²) in [7, 11) is 0. The van der Waals surface area contributed by atoms with Crippen molar-refractivity contribution in [3.63, 3.8) is 0 Å². The Bertz CT molecular complexity index is 1530. The number of benzene rings is 2. The smallest absolute Gasteiger partial charge is 0.251 e. The van der Waals surface area contributed by atoms with Crippen molar-refractivity contribution < 1.29 is 4.79 Å². The van der Waals surface area contributed by atoms with Crippen LogP contribution in [0, 0.1) is 0 Å². The van der Waals surface area contributed by atoms with E-state index in [2.05, 4.69) is 46.2 Å². The normalized spacial score (nSPS) is 15.0. The molecule has 6 heteroatoms. The predicted molar refractivity (Wildman–Crippen MR) is 125 cm³/mol. The Balaban J connectivity index is 1.43. The lowest BCUT2D eigenvalue weighted by Gasteiger charge is -2.32. The molecule has 0 saturated carbocycles. The number of H-pyrrole nitrogens is 1. The molecule has 6 nitrogen and oxygen atoms in total. The van der Waals surface area contributed by atoms with Gasteiger partial charge in [-0.2, -0.15) is 0 Å². The molecule has 6 rings (SSSR count). The van der Waals surface area contributed by atoms with Crippen LogP contribution in [0.4, 0.5) is 0 Å². The number of carbonyl (C=O) groups excluding carboxylic acids is 1. The highest BCUT2D eigenvalue weighted by Gasteiger charge is 2.31. The van der Waals surface area contributed by atoms with E-state index in [9.17, 15) is 4.79 Å². The van der Waals surface area contributed by atoms with Crippen LogP contribution in [0.25, 0.3) is 44.5 Å². The molecule has 2 N–H and O–H groups in total. The number of nitrogens with one attached hydrogen (secondary N) is 2. The van der Waals surface area contributed by atoms with Gasteiger partial charge in [-0.1, -0.05) is 26.0 Å². The molecule has 0 aliphatic carbocycles. The van der Waals surface area contributed by atoms with E-state index in [1.54, 1.807) is 6.20 Å². The minimum absolute atomic E-state index is 0.0108. The molecular formula is C26H21N5O. The zero-order valence-electron chi connectivity index (χ0n) is 17.8. The van der Waals surface area contributed by atoms with E-state index >= 15 is 0 Å². The van der Waals surface area contributed by atoms with Gasteiger partial charge in [-0.25, -0.2) is 9.97 Å². The SMILES string of the molecule is CC1(C)CNC(=O)c2ccc(-c3c[nH]c4nc(-c5ccc6ncccc6c5)ncc34)cc21. The summed E-state index contributed by atoms with van der Waals surface area (Å²) < 4.78 is 0. The van der Waals surface area contributed by atoms with Gasteiger partial charge in [-0.3, -0.25) is 9.78 Å². The molecule has 4 heterocycles. The third-order valence-electron chi connectivity index (χ3n) is 6.29. The number of hydrogen-bond acceptors (Lipinski definition) is 4. The highest BCUT2D eigenvalue weighted by molar-refractivity contribution is 5.99. The lowest BCUT2D eigenvalue weighted by atomic mass is 9.78. The van der Waals surface area contributed by atoms with Crippen LogP contribution in [0.1, 0.15) is 29.8 Å². The summed E-state index contributed by atoms with van der Waals surface area (Å²) >= 11 is 0. The van der Waals surface area contributed by atoms with Crippen molar-refractivity contribution in [1.29, 1.82) is 0 Å². The van der Waals surface area contributed by atoms with Crippen molar-refractivity contribution in [1.82, 2.24) is 25.3 Å². The summed E-state index contributed by atoms with van der Waals surface area (Å²) in [5, 5.41) is 4.99. The standard InChI is InChI=1S/C26H21N5O/c1-26(2)14-30-25(32)18-7-5-15(11-21(18)26)19-12-29-24-20(19)13-28-23(31-24)17-6-8-22-16(10-17)4-3-9-27-22/h3-13H,14H2,1-2H3,(H,30,32)(H,28,29,31). The number of rotatable bonds is 2. The Kier molecular flexibility index (Phi) is 3.92. The second kappa shape index (κ2) is 6.72. The maximum Gasteiger partial charge on any atom is 0.251 e. The van der Waals surface area contributed by atoms with E-state index in [1.807, 2.05) is 48.8 Å². The average molecular weight is 419 g/mol. The van der Waals surface area contributed by atoms with Crippen LogP contribution in [-0.2, 0) is 5.41 Å². The molecule has 0 bridgehead atoms. The fourth-order valence-corrected chi connectivity index (χ4v) is 4.46. The van der Waals surface area contributed by atoms with Gasteiger partial charge in [-0.05, 0) is 47.5 Å². The zero-order valence-corrected chi connectivity index (χ0v) is 17.8. The Hall–Kier alpha value is -4.06. The van der Waals surface area contributed by atoms with E-state index in [1.165, 1.54) is 0 Å². The van der Waals surface area contributed by atoms with Gasteiger partial charge in [0.05, 0.1) is 5.52 Å². The van der Waals surface area contributed by atoms with Crippen molar-refractivity contribution in [2.24, 2.45) is 0 Å². The van der Waals surface area contributed by atoms with E-state index < -0.39 is 0 Å². The Labute approximate surface area is 184 Å². The van der Waals surface area contributed by atoms with Crippen molar-refractivity contribution >= 4 is 27.8 Å². The number of carbonyl (C=O) groups is 1. The molecule has 0 unspecified atom stereocenters. The monoisotopic (exact) mass is 419 g/mol. The molecule has 0 radical (unpaired) electrons. The summed E-state index contributed by atoms with van der Waals surface area (Å²) in [6, 6.07) is 16.0. The number of aromatic nitrogens is 4. The molecule has 0 atom stereocenters. The summed E-state index contributed by atoms with van der Waals surface area (Å²) in [6.07, 6.45) is 5.62. The molecule has 2 aromatic carbocycles. The third-order valence-corrected chi connectivity index (χ3v) is 6.29. The van der Waals surface area contributed by atoms with Crippen LogP contribution in [0.5, 0.6) is 0 Å². The van der Waals surface area contributed by atoms with Gasteiger partial charge in [0, 0.05) is 58.0 Å². The van der Waals surface area contributed by atoms with Gasteiger partial charge in [-0.15, -0.1) is 0 Å². The van der Waals surface area contributed by atoms with Crippen molar-refractivity contribution in [2.75, 3.05) is 6.54 Å². The Morgan fingerprint density at radius 2 is 1.84 bits per heavy atom. The van der Waals surface area contributed by atoms with E-state index in [0.717, 1.165) is 49.8 Å². The molecule has 1 aliphatic rings. The first-order chi connectivity index (χ1) is 15.5. The summed E-state index contributed by atoms with van der Waals surface area (Å²) in [5.74, 6) is 0.656. The van der Waals surface area contributed by atoms with Crippen LogP contribution in [-0.4, -0.2) is 32.4 Å². The number of fused-ring (bicyclic) bond motifs is 3. The number of pyridine rings is 1. The van der Waals surface area contributed by atoms with Crippen molar-refractivity contribution in [3.8, 4) is 22.5 Å². The molecule has 5 aromatic rings. The first kappa shape index (κ1) is 18.7. The molecular weight excluding hydrogens is 398 g/mol. The molecule has 0 saturated heterocycles. The third kappa shape index (κ3) is 2.87. The van der Waals surface area contributed by atoms with Crippen LogP contribution in [0.2, 0.25) is 0 Å². The predicted octanol–water partition coefficient (Wildman–Crippen LogP) is 4.86. The first-order valence-corrected chi connectivity index (χ1v) is 10.6. The summed E-state index contributed by atoms with van der Waals surface area (Å²) in [6.45, 7) is 4.93. The summed E-state index contributed by atoms with van der Waals surface area (Å²) in [5.41, 5.74) is 6.44. The topological polar surface area (TPSA) is 83.6 Å². The van der Waals surface area contributed by atoms with Crippen molar-refractivity contribution in [3.05, 3.63) is 78.2 Å². The van der Waals surface area contributed by atoms with Crippen LogP contribution < -0.4 is 5.32 Å². The molecule has 32 heavy (non-hydrogen) atoms. The van der Waals surface area contributed by atoms with Gasteiger partial charge >= 0.3 is 0 Å². The van der Waals surface area contributed by atoms with E-state index in [4.69, 9.17) is 4.98 Å². The number of nitrogens with zero attached hydrogens (tertiary/aromatic N) is 3. The Morgan fingerprint density at radius 3 is 2.75 bits per heavy atom. The van der Waals surface area contributed by atoms with Crippen molar-refractivity contribution in [2.45, 2.75) is 19.3 Å². The van der Waals surface area contributed by atoms with Crippen LogP contribution in [0.15, 0.2) is 67.1 Å². The average Bonchev–Trinajstić information content (AvgIpc) is 3.24. The van der Waals surface area contributed by atoms with Gasteiger partial charge in [0.15, 0.2) is 5.82 Å². The second-order valence-corrected chi connectivity index (χ2v) is 8.90. The van der Waals surface area contributed by atoms with Crippen LogP contribution >= 0.6 is 0 Å². The molecule has 156 valence electrons. The van der Waals surface area contributed by atoms with E-state index in [0.29, 0.717) is 12.4 Å². The molecule has 0 fully saturated rings. The molecule has 3 aromatic heterocycles. The minimum Gasteiger partial charge on any atom is -0.351 e. The maximum absolute atomic E-state index is 12.3. The highest BCUT2D eigenvalue weighted by atomic mass is 16.1. The second-order valence-electron chi connectivity index (χ2n) is 8.90. The lowest BCUT2D eigenvalue weighted by molar-refractivity contribution is 0.0930. The zero-order chi connectivity index (χ0) is 21.9. The van der Waals surface area contributed by atoms with Gasteiger partial charge in [0.1, 0.15) is 5.65 Å². The molecule has 1 amide bonds. The number of amides is 1. The summed E-state index contributed by atoms with van der Waals surface area (Å²) in [4.78, 5) is 29.4. The number of aromatic amines is 1. The molecule has 1 aliphatic heterocycles. The molecule has 0 spiro atoms. The Morgan fingerprint density at radius 1 is 0.969 bits per heavy atom. The largest absolute Gasteiger partial charge is 0.351 e. The maximum atomic E-state index is 12.3. The van der Waals surface area contributed by atoms with Crippen LogP contribution in [0.3, 0.4) is 0 Å². The first-order valence-electron chi connectivity index (χ1n) is 10.6. The lowest BCUT2D eigenvalue weighted by Crippen LogP contribution is -2.43. The van der Waals surface area contributed by atoms with Gasteiger partial charge in [0.2, 0.25) is 0 Å². The quantitative estimate of drug-likeness (QED) is 0.428. The van der Waals surface area contributed by atoms with Gasteiger partial charge in [0.25, 0.3) is 5.91 Å².